The number of nitrogens with zero attached hydrogens (tertiary/aromatic N) is 4. The van der Waals surface area contributed by atoms with E-state index in [4.69, 9.17) is 0 Å². The first kappa shape index (κ1) is 26.2. The Morgan fingerprint density at radius 1 is 1.11 bits per heavy atom. The fourth-order valence-electron chi connectivity index (χ4n) is 3.98. The van der Waals surface area contributed by atoms with Crippen LogP contribution in [0.3, 0.4) is 0 Å². The van der Waals surface area contributed by atoms with E-state index in [0.717, 1.165) is 41.0 Å². The van der Waals surface area contributed by atoms with E-state index >= 15 is 0 Å². The molecule has 0 spiro atoms. The van der Waals surface area contributed by atoms with Crippen LogP contribution in [0.25, 0.3) is 11.1 Å². The first-order chi connectivity index (χ1) is 17.5. The van der Waals surface area contributed by atoms with Crippen LogP contribution in [0.15, 0.2) is 59.8 Å². The summed E-state index contributed by atoms with van der Waals surface area (Å²) in [4.78, 5) is 19.5. The number of halogens is 4. The number of carbonyl (C=O) groups excluding carboxylic acids is 1. The molecule has 13 heteroatoms. The van der Waals surface area contributed by atoms with Crippen molar-refractivity contribution in [3.8, 4) is 17.2 Å². The van der Waals surface area contributed by atoms with Gasteiger partial charge >= 0.3 is 6.18 Å². The molecule has 1 aromatic heterocycles. The maximum atomic E-state index is 13.2. The van der Waals surface area contributed by atoms with Crippen LogP contribution < -0.4 is 5.32 Å². The minimum absolute atomic E-state index is 0.116. The van der Waals surface area contributed by atoms with Gasteiger partial charge in [0.05, 0.1) is 16.5 Å². The molecule has 8 nitrogen and oxygen atoms in total. The van der Waals surface area contributed by atoms with Crippen molar-refractivity contribution in [2.45, 2.75) is 36.5 Å². The number of benzene rings is 2. The quantitative estimate of drug-likeness (QED) is 0.484. The second-order valence-electron chi connectivity index (χ2n) is 8.22. The molecule has 192 valence electrons. The lowest BCUT2D eigenvalue weighted by Gasteiger charge is -2.23. The summed E-state index contributed by atoms with van der Waals surface area (Å²) in [5.41, 5.74) is 1.30. The average molecular weight is 534 g/mol. The first-order valence-electron chi connectivity index (χ1n) is 11.0. The van der Waals surface area contributed by atoms with Crippen LogP contribution in [-0.2, 0) is 27.5 Å². The van der Waals surface area contributed by atoms with E-state index in [-0.39, 0.29) is 35.5 Å². The van der Waals surface area contributed by atoms with E-state index in [0.29, 0.717) is 17.5 Å². The number of nitriles is 1. The highest BCUT2D eigenvalue weighted by molar-refractivity contribution is 7.89. The molecule has 4 rings (SSSR count). The normalized spacial score (nSPS) is 16.4. The molecule has 1 amide bonds. The van der Waals surface area contributed by atoms with Crippen LogP contribution >= 0.6 is 0 Å². The van der Waals surface area contributed by atoms with Gasteiger partial charge in [0, 0.05) is 31.0 Å². The third-order valence-corrected chi connectivity index (χ3v) is 7.77. The highest BCUT2D eigenvalue weighted by atomic mass is 32.2. The molecule has 3 aromatic rings. The third kappa shape index (κ3) is 5.60. The number of nitrogens with one attached hydrogen (secondary N) is 1. The van der Waals surface area contributed by atoms with Gasteiger partial charge in [0.25, 0.3) is 0 Å². The zero-order chi connectivity index (χ0) is 26.8. The van der Waals surface area contributed by atoms with Crippen LogP contribution in [0.4, 0.5) is 17.6 Å². The molecular formula is C24H19F4N5O3S. The van der Waals surface area contributed by atoms with Crippen LogP contribution in [0.2, 0.25) is 0 Å². The number of aromatic nitrogens is 2. The highest BCUT2D eigenvalue weighted by Gasteiger charge is 2.39. The summed E-state index contributed by atoms with van der Waals surface area (Å²) >= 11 is 0. The molecule has 1 aliphatic rings. The van der Waals surface area contributed by atoms with E-state index in [2.05, 4.69) is 15.3 Å². The number of hydrogen-bond acceptors (Lipinski definition) is 6. The molecule has 37 heavy (non-hydrogen) atoms. The summed E-state index contributed by atoms with van der Waals surface area (Å²) in [5, 5.41) is 12.1. The Labute approximate surface area is 209 Å². The average Bonchev–Trinajstić information content (AvgIpc) is 3.38. The number of sulfonamides is 1. The molecule has 1 atom stereocenters. The number of amides is 1. The van der Waals surface area contributed by atoms with Gasteiger partial charge in [0.2, 0.25) is 21.8 Å². The van der Waals surface area contributed by atoms with Crippen molar-refractivity contribution in [2.24, 2.45) is 0 Å². The second kappa shape index (κ2) is 10.2. The lowest BCUT2D eigenvalue weighted by atomic mass is 10.0. The first-order valence-corrected chi connectivity index (χ1v) is 12.4. The van der Waals surface area contributed by atoms with Crippen LogP contribution in [0.1, 0.15) is 29.8 Å². The van der Waals surface area contributed by atoms with Gasteiger partial charge in [-0.05, 0) is 60.4 Å². The Bertz CT molecular complexity index is 1450. The zero-order valence-electron chi connectivity index (χ0n) is 19.0. The molecule has 0 bridgehead atoms. The van der Waals surface area contributed by atoms with Gasteiger partial charge in [-0.2, -0.15) is 22.7 Å². The van der Waals surface area contributed by atoms with E-state index in [1.807, 2.05) is 6.07 Å². The molecule has 2 aromatic carbocycles. The SMILES string of the molecule is N#Cc1ccc(-c2cnc(C(F)(F)F)nc2)cc1CNC(=O)[C@@H]1CCCN1S(=O)(=O)c1ccc(F)cc1. The van der Waals surface area contributed by atoms with Crippen LogP contribution in [0.5, 0.6) is 0 Å². The predicted octanol–water partition coefficient (Wildman–Crippen LogP) is 3.64. The molecule has 0 radical (unpaired) electrons. The fourth-order valence-corrected chi connectivity index (χ4v) is 5.64. The van der Waals surface area contributed by atoms with Gasteiger partial charge in [-0.25, -0.2) is 22.8 Å². The molecule has 1 N–H and O–H groups in total. The maximum absolute atomic E-state index is 13.2. The Hall–Kier alpha value is -3.89. The van der Waals surface area contributed by atoms with Gasteiger partial charge in [-0.15, -0.1) is 0 Å². The van der Waals surface area contributed by atoms with Gasteiger partial charge in [-0.1, -0.05) is 6.07 Å². The topological polar surface area (TPSA) is 116 Å². The minimum atomic E-state index is -4.68. The van der Waals surface area contributed by atoms with Gasteiger partial charge in [0.15, 0.2) is 0 Å². The van der Waals surface area contributed by atoms with E-state index in [1.54, 1.807) is 0 Å². The van der Waals surface area contributed by atoms with Crippen molar-refractivity contribution < 1.29 is 30.8 Å². The molecule has 0 unspecified atom stereocenters. The lowest BCUT2D eigenvalue weighted by molar-refractivity contribution is -0.145. The van der Waals surface area contributed by atoms with E-state index in [1.165, 1.54) is 18.2 Å². The summed E-state index contributed by atoms with van der Waals surface area (Å²) in [6.45, 7) is -0.0113. The van der Waals surface area contributed by atoms with Gasteiger partial charge in [0.1, 0.15) is 11.9 Å². The number of carbonyl (C=O) groups is 1. The summed E-state index contributed by atoms with van der Waals surface area (Å²) in [6.07, 6.45) is -1.94. The highest BCUT2D eigenvalue weighted by Crippen LogP contribution is 2.29. The Morgan fingerprint density at radius 3 is 2.41 bits per heavy atom. The van der Waals surface area contributed by atoms with E-state index in [9.17, 15) is 36.0 Å². The summed E-state index contributed by atoms with van der Waals surface area (Å²) in [7, 11) is -4.04. The Morgan fingerprint density at radius 2 is 1.78 bits per heavy atom. The number of hydrogen-bond donors (Lipinski definition) is 1. The standard InChI is InChI=1S/C24H19F4N5O3S/c25-19-5-7-20(8-6-19)37(35,36)33-9-1-2-21(33)22(34)30-12-17-10-15(3-4-16(17)11-29)18-13-31-23(32-14-18)24(26,27)28/h3-8,10,13-14,21H,1-2,9,12H2,(H,30,34)/t21-/m0/s1. The number of rotatable bonds is 6. The second-order valence-corrected chi connectivity index (χ2v) is 10.1. The Balaban J connectivity index is 1.51. The smallest absolute Gasteiger partial charge is 0.351 e. The molecule has 1 fully saturated rings. The molecule has 0 aliphatic carbocycles. The van der Waals surface area contributed by atoms with Crippen molar-refractivity contribution in [1.82, 2.24) is 19.6 Å². The van der Waals surface area contributed by atoms with Crippen molar-refractivity contribution >= 4 is 15.9 Å². The lowest BCUT2D eigenvalue weighted by Crippen LogP contribution is -2.45. The maximum Gasteiger partial charge on any atom is 0.451 e. The zero-order valence-corrected chi connectivity index (χ0v) is 19.9. The summed E-state index contributed by atoms with van der Waals surface area (Å²) in [6, 6.07) is 9.80. The van der Waals surface area contributed by atoms with Gasteiger partial charge < -0.3 is 5.32 Å². The Kier molecular flexibility index (Phi) is 7.24. The van der Waals surface area contributed by atoms with Crippen LogP contribution in [-0.4, -0.2) is 41.2 Å². The van der Waals surface area contributed by atoms with E-state index < -0.39 is 39.8 Å². The number of alkyl halides is 3. The molecular weight excluding hydrogens is 514 g/mol. The molecule has 2 heterocycles. The summed E-state index contributed by atoms with van der Waals surface area (Å²) in [5.74, 6) is -2.45. The molecule has 1 aliphatic heterocycles. The summed E-state index contributed by atoms with van der Waals surface area (Å²) < 4.78 is 78.6. The van der Waals surface area contributed by atoms with Crippen molar-refractivity contribution in [3.63, 3.8) is 0 Å². The minimum Gasteiger partial charge on any atom is -0.351 e. The molecule has 1 saturated heterocycles. The van der Waals surface area contributed by atoms with Gasteiger partial charge in [-0.3, -0.25) is 4.79 Å². The third-order valence-electron chi connectivity index (χ3n) is 5.84. The van der Waals surface area contributed by atoms with Crippen molar-refractivity contribution in [3.05, 3.63) is 77.6 Å². The largest absolute Gasteiger partial charge is 0.451 e. The van der Waals surface area contributed by atoms with Crippen LogP contribution in [0, 0.1) is 17.1 Å². The predicted molar refractivity (Wildman–Crippen MR) is 122 cm³/mol. The fraction of sp³-hybridized carbons (Fsp3) is 0.250. The van der Waals surface area contributed by atoms with Crippen molar-refractivity contribution in [2.75, 3.05) is 6.54 Å². The monoisotopic (exact) mass is 533 g/mol. The molecule has 0 saturated carbocycles. The van der Waals surface area contributed by atoms with Crippen molar-refractivity contribution in [1.29, 1.82) is 5.26 Å².